The first-order valence-electron chi connectivity index (χ1n) is 4.38. The number of thiazole rings is 1. The van der Waals surface area contributed by atoms with E-state index in [9.17, 15) is 4.79 Å². The SMILES string of the molecule is CC(=O)c1nc(-n2c(C)nc(I)c2I)cs1. The molecule has 0 amide bonds. The molecule has 0 N–H and O–H groups in total. The maximum Gasteiger partial charge on any atom is 0.188 e. The third kappa shape index (κ3) is 2.16. The van der Waals surface area contributed by atoms with E-state index in [1.807, 2.05) is 16.9 Å². The average Bonchev–Trinajstić information content (AvgIpc) is 2.74. The van der Waals surface area contributed by atoms with Gasteiger partial charge in [0, 0.05) is 12.3 Å². The first-order chi connectivity index (χ1) is 7.50. The first-order valence-corrected chi connectivity index (χ1v) is 7.41. The molecule has 0 radical (unpaired) electrons. The molecule has 2 heterocycles. The molecule has 0 aliphatic carbocycles. The fourth-order valence-corrected chi connectivity index (χ4v) is 3.26. The second-order valence-corrected chi connectivity index (χ2v) is 6.04. The highest BCUT2D eigenvalue weighted by Crippen LogP contribution is 2.22. The lowest BCUT2D eigenvalue weighted by Gasteiger charge is -2.01. The van der Waals surface area contributed by atoms with Gasteiger partial charge in [0.1, 0.15) is 13.2 Å². The Kier molecular flexibility index (Phi) is 3.64. The average molecular weight is 459 g/mol. The summed E-state index contributed by atoms with van der Waals surface area (Å²) in [6, 6.07) is 0. The molecule has 0 atom stereocenters. The summed E-state index contributed by atoms with van der Waals surface area (Å²) in [5.41, 5.74) is 0. The van der Waals surface area contributed by atoms with E-state index in [1.165, 1.54) is 18.3 Å². The molecule has 0 saturated heterocycles. The standard InChI is InChI=1S/C9H7I2N3OS/c1-4(15)9-13-6(3-16-9)14-5(2)12-7(10)8(14)11/h3H,1-2H3. The van der Waals surface area contributed by atoms with Crippen LogP contribution in [0.25, 0.3) is 5.82 Å². The van der Waals surface area contributed by atoms with Gasteiger partial charge in [0.05, 0.1) is 0 Å². The highest BCUT2D eigenvalue weighted by molar-refractivity contribution is 14.1. The topological polar surface area (TPSA) is 47.8 Å². The number of ketones is 1. The quantitative estimate of drug-likeness (QED) is 0.513. The molecule has 16 heavy (non-hydrogen) atoms. The number of nitrogens with zero attached hydrogens (tertiary/aromatic N) is 3. The number of carbonyl (C=O) groups excluding carboxylic acids is 1. The fraction of sp³-hybridized carbons (Fsp3) is 0.222. The van der Waals surface area contributed by atoms with E-state index < -0.39 is 0 Å². The number of Topliss-reactive ketones (excluding diaryl/α,β-unsaturated/α-hetero) is 1. The number of halogens is 2. The minimum absolute atomic E-state index is 0.00118. The Morgan fingerprint density at radius 1 is 1.44 bits per heavy atom. The summed E-state index contributed by atoms with van der Waals surface area (Å²) < 4.78 is 3.93. The van der Waals surface area contributed by atoms with Crippen LogP contribution in [0, 0.1) is 14.3 Å². The Balaban J connectivity index is 2.54. The maximum absolute atomic E-state index is 11.2. The van der Waals surface area contributed by atoms with Crippen molar-refractivity contribution in [3.05, 3.63) is 23.6 Å². The van der Waals surface area contributed by atoms with Gasteiger partial charge in [-0.25, -0.2) is 9.97 Å². The van der Waals surface area contributed by atoms with Gasteiger partial charge in [-0.15, -0.1) is 11.3 Å². The van der Waals surface area contributed by atoms with Gasteiger partial charge >= 0.3 is 0 Å². The summed E-state index contributed by atoms with van der Waals surface area (Å²) in [4.78, 5) is 19.8. The molecule has 0 spiro atoms. The Hall–Kier alpha value is -0.0300. The Labute approximate surface area is 124 Å². The van der Waals surface area contributed by atoms with E-state index >= 15 is 0 Å². The van der Waals surface area contributed by atoms with Crippen molar-refractivity contribution in [3.63, 3.8) is 0 Å². The molecular weight excluding hydrogens is 452 g/mol. The number of hydrogen-bond acceptors (Lipinski definition) is 4. The Morgan fingerprint density at radius 3 is 2.56 bits per heavy atom. The molecule has 2 aromatic rings. The van der Waals surface area contributed by atoms with Crippen LogP contribution >= 0.6 is 56.5 Å². The van der Waals surface area contributed by atoms with Crippen molar-refractivity contribution in [3.8, 4) is 5.82 Å². The first kappa shape index (κ1) is 12.4. The van der Waals surface area contributed by atoms with Crippen molar-refractivity contribution in [1.82, 2.24) is 14.5 Å². The van der Waals surface area contributed by atoms with Crippen LogP contribution in [-0.2, 0) is 0 Å². The largest absolute Gasteiger partial charge is 0.292 e. The molecule has 0 aromatic carbocycles. The second-order valence-electron chi connectivity index (χ2n) is 3.14. The van der Waals surface area contributed by atoms with Crippen molar-refractivity contribution in [2.24, 2.45) is 0 Å². The fourth-order valence-electron chi connectivity index (χ4n) is 1.27. The number of rotatable bonds is 2. The Morgan fingerprint density at radius 2 is 2.12 bits per heavy atom. The lowest BCUT2D eigenvalue weighted by molar-refractivity contribution is 0.101. The van der Waals surface area contributed by atoms with Crippen LogP contribution in [0.5, 0.6) is 0 Å². The summed E-state index contributed by atoms with van der Waals surface area (Å²) in [6.07, 6.45) is 0. The number of carbonyl (C=O) groups is 1. The minimum atomic E-state index is -0.00118. The Bertz CT molecular complexity index is 561. The summed E-state index contributed by atoms with van der Waals surface area (Å²) in [5.74, 6) is 1.65. The summed E-state index contributed by atoms with van der Waals surface area (Å²) in [5, 5.41) is 2.41. The van der Waals surface area contributed by atoms with Crippen LogP contribution < -0.4 is 0 Å². The van der Waals surface area contributed by atoms with Crippen LogP contribution in [0.4, 0.5) is 0 Å². The molecule has 7 heteroatoms. The molecule has 0 aliphatic rings. The van der Waals surface area contributed by atoms with Gasteiger partial charge in [0.15, 0.2) is 16.6 Å². The molecule has 4 nitrogen and oxygen atoms in total. The third-order valence-electron chi connectivity index (χ3n) is 1.97. The number of aromatic nitrogens is 3. The highest BCUT2D eigenvalue weighted by Gasteiger charge is 2.15. The molecular formula is C9H7I2N3OS. The molecule has 0 fully saturated rings. The highest BCUT2D eigenvalue weighted by atomic mass is 127. The van der Waals surface area contributed by atoms with Crippen molar-refractivity contribution in [1.29, 1.82) is 0 Å². The predicted octanol–water partition coefficient (Wildman–Crippen LogP) is 3.05. The normalized spacial score (nSPS) is 10.8. The van der Waals surface area contributed by atoms with E-state index in [4.69, 9.17) is 0 Å². The third-order valence-corrected chi connectivity index (χ3v) is 5.68. The van der Waals surface area contributed by atoms with Crippen molar-refractivity contribution < 1.29 is 4.79 Å². The van der Waals surface area contributed by atoms with Gasteiger partial charge in [-0.05, 0) is 52.1 Å². The second kappa shape index (κ2) is 4.69. The minimum Gasteiger partial charge on any atom is -0.292 e. The van der Waals surface area contributed by atoms with Crippen LogP contribution in [0.2, 0.25) is 0 Å². The van der Waals surface area contributed by atoms with Gasteiger partial charge in [-0.2, -0.15) is 0 Å². The van der Waals surface area contributed by atoms with E-state index in [1.54, 1.807) is 0 Å². The number of imidazole rings is 1. The van der Waals surface area contributed by atoms with Gasteiger partial charge in [0.25, 0.3) is 0 Å². The van der Waals surface area contributed by atoms with Crippen LogP contribution in [0.15, 0.2) is 5.38 Å². The molecule has 0 unspecified atom stereocenters. The number of aryl methyl sites for hydroxylation is 1. The van der Waals surface area contributed by atoms with E-state index in [0.29, 0.717) is 5.01 Å². The zero-order valence-electron chi connectivity index (χ0n) is 8.49. The molecule has 84 valence electrons. The molecule has 0 aliphatic heterocycles. The van der Waals surface area contributed by atoms with E-state index in [2.05, 4.69) is 55.1 Å². The van der Waals surface area contributed by atoms with Crippen LogP contribution in [-0.4, -0.2) is 20.3 Å². The lowest BCUT2D eigenvalue weighted by Crippen LogP contribution is -2.01. The van der Waals surface area contributed by atoms with Crippen molar-refractivity contribution in [2.45, 2.75) is 13.8 Å². The molecule has 0 saturated carbocycles. The molecule has 2 aromatic heterocycles. The predicted molar refractivity (Wildman–Crippen MR) is 79.4 cm³/mol. The zero-order valence-corrected chi connectivity index (χ0v) is 13.6. The van der Waals surface area contributed by atoms with Crippen molar-refractivity contribution >= 4 is 62.3 Å². The van der Waals surface area contributed by atoms with Gasteiger partial charge in [-0.3, -0.25) is 9.36 Å². The lowest BCUT2D eigenvalue weighted by atomic mass is 10.5. The van der Waals surface area contributed by atoms with Gasteiger partial charge in [0.2, 0.25) is 0 Å². The van der Waals surface area contributed by atoms with Gasteiger partial charge in [-0.1, -0.05) is 0 Å². The maximum atomic E-state index is 11.2. The van der Waals surface area contributed by atoms with Crippen molar-refractivity contribution in [2.75, 3.05) is 0 Å². The summed E-state index contributed by atoms with van der Waals surface area (Å²) in [7, 11) is 0. The summed E-state index contributed by atoms with van der Waals surface area (Å²) in [6.45, 7) is 3.45. The smallest absolute Gasteiger partial charge is 0.188 e. The monoisotopic (exact) mass is 459 g/mol. The molecule has 2 rings (SSSR count). The number of hydrogen-bond donors (Lipinski definition) is 0. The van der Waals surface area contributed by atoms with Crippen LogP contribution in [0.3, 0.4) is 0 Å². The zero-order chi connectivity index (χ0) is 11.9. The summed E-state index contributed by atoms with van der Waals surface area (Å²) >= 11 is 5.78. The van der Waals surface area contributed by atoms with E-state index in [-0.39, 0.29) is 5.78 Å². The van der Waals surface area contributed by atoms with Crippen LogP contribution in [0.1, 0.15) is 22.6 Å². The van der Waals surface area contributed by atoms with E-state index in [0.717, 1.165) is 19.0 Å². The van der Waals surface area contributed by atoms with Gasteiger partial charge < -0.3 is 0 Å². The molecule has 0 bridgehead atoms.